The van der Waals surface area contributed by atoms with E-state index in [1.807, 2.05) is 10.9 Å². The Bertz CT molecular complexity index is 447. The Balaban J connectivity index is 2.14. The zero-order valence-electron chi connectivity index (χ0n) is 9.50. The van der Waals surface area contributed by atoms with Crippen molar-refractivity contribution >= 4 is 5.78 Å². The second kappa shape index (κ2) is 2.34. The molecule has 15 heavy (non-hydrogen) atoms. The molecule has 3 heteroatoms. The van der Waals surface area contributed by atoms with Crippen molar-refractivity contribution in [2.75, 3.05) is 0 Å². The molecule has 2 aliphatic rings. The number of hydrogen-bond acceptors (Lipinski definition) is 2. The molecule has 80 valence electrons. The molecule has 0 N–H and O–H groups in total. The van der Waals surface area contributed by atoms with E-state index in [0.29, 0.717) is 5.78 Å². The summed E-state index contributed by atoms with van der Waals surface area (Å²) in [7, 11) is 0. The topological polar surface area (TPSA) is 34.9 Å². The Hall–Kier alpha value is -1.12. The summed E-state index contributed by atoms with van der Waals surface area (Å²) in [4.78, 5) is 12.2. The molecule has 0 amide bonds. The largest absolute Gasteiger partial charge is 0.292 e. The standard InChI is InChI=1S/C12H16N2O/c1-11(2,3)8-6-13-14-7-12(4-5-12)10(15)9(8)14/h6H,4-5,7H2,1-3H3. The van der Waals surface area contributed by atoms with Crippen LogP contribution < -0.4 is 0 Å². The molecule has 3 rings (SSSR count). The van der Waals surface area contributed by atoms with E-state index in [1.165, 1.54) is 0 Å². The van der Waals surface area contributed by atoms with E-state index < -0.39 is 0 Å². The highest BCUT2D eigenvalue weighted by Gasteiger charge is 2.56. The number of hydrogen-bond donors (Lipinski definition) is 0. The molecule has 1 aliphatic heterocycles. The third-order valence-electron chi connectivity index (χ3n) is 3.65. The Labute approximate surface area is 89.5 Å². The molecule has 1 aromatic rings. The third kappa shape index (κ3) is 1.06. The predicted octanol–water partition coefficient (Wildman–Crippen LogP) is 2.16. The lowest BCUT2D eigenvalue weighted by atomic mass is 9.85. The first kappa shape index (κ1) is 9.13. The van der Waals surface area contributed by atoms with Crippen molar-refractivity contribution in [1.82, 2.24) is 9.78 Å². The van der Waals surface area contributed by atoms with Gasteiger partial charge in [0.25, 0.3) is 0 Å². The highest BCUT2D eigenvalue weighted by atomic mass is 16.1. The molecule has 1 aromatic heterocycles. The van der Waals surface area contributed by atoms with Gasteiger partial charge in [0.1, 0.15) is 5.69 Å². The summed E-state index contributed by atoms with van der Waals surface area (Å²) in [6, 6.07) is 0. The summed E-state index contributed by atoms with van der Waals surface area (Å²) in [5, 5.41) is 4.35. The second-order valence-corrected chi connectivity index (χ2v) is 5.92. The lowest BCUT2D eigenvalue weighted by Crippen LogP contribution is -2.17. The number of nitrogens with zero attached hydrogens (tertiary/aromatic N) is 2. The van der Waals surface area contributed by atoms with Gasteiger partial charge < -0.3 is 0 Å². The van der Waals surface area contributed by atoms with Crippen LogP contribution in [0.1, 0.15) is 49.7 Å². The van der Waals surface area contributed by atoms with Crippen molar-refractivity contribution in [2.45, 2.75) is 45.6 Å². The van der Waals surface area contributed by atoms with Crippen molar-refractivity contribution < 1.29 is 4.79 Å². The van der Waals surface area contributed by atoms with Crippen molar-refractivity contribution in [1.29, 1.82) is 0 Å². The highest BCUT2D eigenvalue weighted by molar-refractivity contribution is 6.04. The van der Waals surface area contributed by atoms with Crippen LogP contribution in [-0.2, 0) is 12.0 Å². The number of aromatic nitrogens is 2. The van der Waals surface area contributed by atoms with Gasteiger partial charge in [0, 0.05) is 5.56 Å². The minimum Gasteiger partial charge on any atom is -0.292 e. The number of Topliss-reactive ketones (excluding diaryl/α,β-unsaturated/α-hetero) is 1. The normalized spacial score (nSPS) is 22.2. The summed E-state index contributed by atoms with van der Waals surface area (Å²) in [6.07, 6.45) is 3.97. The molecule has 0 bridgehead atoms. The summed E-state index contributed by atoms with van der Waals surface area (Å²) in [5.41, 5.74) is 1.96. The van der Waals surface area contributed by atoms with Crippen LogP contribution in [0.25, 0.3) is 0 Å². The van der Waals surface area contributed by atoms with Crippen LogP contribution in [0.5, 0.6) is 0 Å². The summed E-state index contributed by atoms with van der Waals surface area (Å²) in [5.74, 6) is 0.338. The van der Waals surface area contributed by atoms with Gasteiger partial charge in [0.2, 0.25) is 0 Å². The Morgan fingerprint density at radius 3 is 2.60 bits per heavy atom. The number of rotatable bonds is 0. The van der Waals surface area contributed by atoms with E-state index >= 15 is 0 Å². The minimum absolute atomic E-state index is 0.0175. The molecule has 1 aliphatic carbocycles. The van der Waals surface area contributed by atoms with Gasteiger partial charge in [-0.25, -0.2) is 0 Å². The van der Waals surface area contributed by atoms with Gasteiger partial charge in [-0.15, -0.1) is 0 Å². The molecule has 0 unspecified atom stereocenters. The SMILES string of the molecule is CC(C)(C)c1cnn2c1C(=O)C1(CC1)C2. The summed E-state index contributed by atoms with van der Waals surface area (Å²) >= 11 is 0. The van der Waals surface area contributed by atoms with Gasteiger partial charge in [-0.2, -0.15) is 5.10 Å². The fourth-order valence-electron chi connectivity index (χ4n) is 2.44. The van der Waals surface area contributed by atoms with Crippen LogP contribution in [0.15, 0.2) is 6.20 Å². The number of fused-ring (bicyclic) bond motifs is 1. The lowest BCUT2D eigenvalue weighted by Gasteiger charge is -2.17. The fraction of sp³-hybridized carbons (Fsp3) is 0.667. The van der Waals surface area contributed by atoms with Crippen LogP contribution in [0.3, 0.4) is 0 Å². The molecule has 0 aromatic carbocycles. The number of ketones is 1. The first-order valence-electron chi connectivity index (χ1n) is 5.55. The molecule has 0 saturated heterocycles. The van der Waals surface area contributed by atoms with E-state index in [0.717, 1.165) is 30.6 Å². The van der Waals surface area contributed by atoms with E-state index in [-0.39, 0.29) is 10.8 Å². The number of carbonyl (C=O) groups excluding carboxylic acids is 1. The van der Waals surface area contributed by atoms with Crippen LogP contribution in [-0.4, -0.2) is 15.6 Å². The van der Waals surface area contributed by atoms with Crippen LogP contribution in [0.2, 0.25) is 0 Å². The smallest absolute Gasteiger partial charge is 0.189 e. The van der Waals surface area contributed by atoms with Crippen LogP contribution in [0.4, 0.5) is 0 Å². The van der Waals surface area contributed by atoms with Gasteiger partial charge in [0.05, 0.1) is 18.2 Å². The van der Waals surface area contributed by atoms with Gasteiger partial charge in [-0.1, -0.05) is 20.8 Å². The highest BCUT2D eigenvalue weighted by Crippen LogP contribution is 2.54. The van der Waals surface area contributed by atoms with Crippen LogP contribution in [0, 0.1) is 5.41 Å². The van der Waals surface area contributed by atoms with E-state index in [9.17, 15) is 4.79 Å². The summed E-state index contributed by atoms with van der Waals surface area (Å²) < 4.78 is 1.91. The number of carbonyl (C=O) groups is 1. The van der Waals surface area contributed by atoms with E-state index in [1.54, 1.807) is 0 Å². The average molecular weight is 204 g/mol. The Morgan fingerprint density at radius 1 is 1.40 bits per heavy atom. The molecule has 1 saturated carbocycles. The second-order valence-electron chi connectivity index (χ2n) is 5.92. The Morgan fingerprint density at radius 2 is 2.07 bits per heavy atom. The van der Waals surface area contributed by atoms with Gasteiger partial charge >= 0.3 is 0 Å². The minimum atomic E-state index is -0.0381. The van der Waals surface area contributed by atoms with Crippen molar-refractivity contribution in [2.24, 2.45) is 5.41 Å². The maximum absolute atomic E-state index is 12.2. The van der Waals surface area contributed by atoms with Crippen LogP contribution >= 0.6 is 0 Å². The zero-order valence-corrected chi connectivity index (χ0v) is 9.50. The van der Waals surface area contributed by atoms with Crippen molar-refractivity contribution in [3.8, 4) is 0 Å². The average Bonchev–Trinajstić information content (AvgIpc) is 2.67. The fourth-order valence-corrected chi connectivity index (χ4v) is 2.44. The zero-order chi connectivity index (χ0) is 10.8. The quantitative estimate of drug-likeness (QED) is 0.649. The molecular formula is C12H16N2O. The Kier molecular flexibility index (Phi) is 1.42. The molecule has 0 atom stereocenters. The lowest BCUT2D eigenvalue weighted by molar-refractivity contribution is 0.0916. The van der Waals surface area contributed by atoms with E-state index in [2.05, 4.69) is 25.9 Å². The molecule has 0 radical (unpaired) electrons. The predicted molar refractivity (Wildman–Crippen MR) is 56.9 cm³/mol. The molecular weight excluding hydrogens is 188 g/mol. The van der Waals surface area contributed by atoms with Gasteiger partial charge in [0.15, 0.2) is 5.78 Å². The van der Waals surface area contributed by atoms with Gasteiger partial charge in [-0.3, -0.25) is 9.48 Å². The molecule has 1 spiro atoms. The maximum atomic E-state index is 12.2. The van der Waals surface area contributed by atoms with Crippen molar-refractivity contribution in [3.63, 3.8) is 0 Å². The van der Waals surface area contributed by atoms with Crippen molar-refractivity contribution in [3.05, 3.63) is 17.5 Å². The first-order chi connectivity index (χ1) is 6.94. The first-order valence-corrected chi connectivity index (χ1v) is 5.55. The maximum Gasteiger partial charge on any atom is 0.189 e. The summed E-state index contributed by atoms with van der Waals surface area (Å²) in [6.45, 7) is 7.22. The molecule has 1 fully saturated rings. The van der Waals surface area contributed by atoms with Gasteiger partial charge in [-0.05, 0) is 18.3 Å². The molecule has 3 nitrogen and oxygen atoms in total. The third-order valence-corrected chi connectivity index (χ3v) is 3.65. The van der Waals surface area contributed by atoms with E-state index in [4.69, 9.17) is 0 Å². The molecule has 2 heterocycles. The monoisotopic (exact) mass is 204 g/mol.